The zero-order chi connectivity index (χ0) is 12.1. The summed E-state index contributed by atoms with van der Waals surface area (Å²) in [6.45, 7) is 7.44. The molecule has 0 fully saturated rings. The molecule has 0 atom stereocenters. The maximum atomic E-state index is 5.85. The van der Waals surface area contributed by atoms with Crippen molar-refractivity contribution in [3.63, 3.8) is 0 Å². The number of nitrogen functional groups attached to an aromatic ring is 1. The minimum atomic E-state index is 0.349. The van der Waals surface area contributed by atoms with Crippen molar-refractivity contribution in [1.82, 2.24) is 9.97 Å². The van der Waals surface area contributed by atoms with Crippen LogP contribution in [0.3, 0.4) is 0 Å². The molecule has 1 heterocycles. The van der Waals surface area contributed by atoms with E-state index in [9.17, 15) is 0 Å². The van der Waals surface area contributed by atoms with Gasteiger partial charge in [-0.15, -0.1) is 0 Å². The van der Waals surface area contributed by atoms with E-state index in [1.807, 2.05) is 0 Å². The largest absolute Gasteiger partial charge is 0.383 e. The van der Waals surface area contributed by atoms with Gasteiger partial charge in [0, 0.05) is 6.61 Å². The molecule has 0 aliphatic rings. The Balaban J connectivity index is 2.86. The van der Waals surface area contributed by atoms with Crippen molar-refractivity contribution in [3.05, 3.63) is 15.1 Å². The molecule has 0 aliphatic heterocycles. The molecule has 5 heteroatoms. The number of ether oxygens (including phenoxy) is 1. The highest BCUT2D eigenvalue weighted by molar-refractivity contribution is 14.1. The van der Waals surface area contributed by atoms with Crippen LogP contribution in [0.1, 0.15) is 44.6 Å². The number of hydrogen-bond donors (Lipinski definition) is 1. The summed E-state index contributed by atoms with van der Waals surface area (Å²) in [5, 5.41) is 0. The zero-order valence-corrected chi connectivity index (χ0v) is 12.1. The summed E-state index contributed by atoms with van der Waals surface area (Å²) >= 11 is 2.19. The Morgan fingerprint density at radius 2 is 2.06 bits per heavy atom. The number of anilines is 1. The molecule has 1 aromatic heterocycles. The lowest BCUT2D eigenvalue weighted by Gasteiger charge is -2.11. The molecule has 1 rings (SSSR count). The van der Waals surface area contributed by atoms with Gasteiger partial charge in [-0.05, 0) is 34.9 Å². The van der Waals surface area contributed by atoms with Crippen molar-refractivity contribution >= 4 is 28.4 Å². The fourth-order valence-electron chi connectivity index (χ4n) is 1.29. The van der Waals surface area contributed by atoms with Crippen molar-refractivity contribution in [2.45, 2.75) is 39.7 Å². The van der Waals surface area contributed by atoms with Gasteiger partial charge in [0.15, 0.2) is 5.82 Å². The topological polar surface area (TPSA) is 61.0 Å². The Bertz CT molecular complexity index is 355. The molecule has 2 N–H and O–H groups in total. The molecule has 4 nitrogen and oxygen atoms in total. The van der Waals surface area contributed by atoms with Crippen molar-refractivity contribution in [2.75, 3.05) is 12.3 Å². The molecule has 0 aliphatic carbocycles. The quantitative estimate of drug-likeness (QED) is 0.664. The summed E-state index contributed by atoms with van der Waals surface area (Å²) in [6.07, 6.45) is 0.997. The van der Waals surface area contributed by atoms with Crippen LogP contribution in [0, 0.1) is 3.57 Å². The Kier molecular flexibility index (Phi) is 5.40. The Morgan fingerprint density at radius 3 is 2.62 bits per heavy atom. The first-order valence-corrected chi connectivity index (χ1v) is 6.53. The number of halogens is 1. The summed E-state index contributed by atoms with van der Waals surface area (Å²) in [4.78, 5) is 8.70. The molecule has 0 saturated heterocycles. The van der Waals surface area contributed by atoms with E-state index in [4.69, 9.17) is 10.5 Å². The number of aromatic nitrogens is 2. The van der Waals surface area contributed by atoms with Crippen LogP contribution in [0.5, 0.6) is 0 Å². The average Bonchev–Trinajstić information content (AvgIpc) is 2.23. The standard InChI is InChI=1S/C11H18IN3O/c1-4-5-16-6-8-14-10(7(2)3)9(12)11(13)15-8/h7H,4-6H2,1-3H3,(H2,13,14,15). The molecule has 0 saturated carbocycles. The highest BCUT2D eigenvalue weighted by Crippen LogP contribution is 2.23. The molecule has 0 radical (unpaired) electrons. The molecule has 0 unspecified atom stereocenters. The Labute approximate surface area is 110 Å². The van der Waals surface area contributed by atoms with Crippen LogP contribution in [0.2, 0.25) is 0 Å². The van der Waals surface area contributed by atoms with Crippen LogP contribution in [-0.4, -0.2) is 16.6 Å². The lowest BCUT2D eigenvalue weighted by atomic mass is 10.1. The smallest absolute Gasteiger partial charge is 0.156 e. The highest BCUT2D eigenvalue weighted by atomic mass is 127. The molecule has 0 amide bonds. The van der Waals surface area contributed by atoms with Gasteiger partial charge in [0.05, 0.1) is 9.26 Å². The Morgan fingerprint density at radius 1 is 1.38 bits per heavy atom. The van der Waals surface area contributed by atoms with Crippen molar-refractivity contribution in [2.24, 2.45) is 0 Å². The fraction of sp³-hybridized carbons (Fsp3) is 0.636. The first kappa shape index (κ1) is 13.6. The number of nitrogens with two attached hydrogens (primary N) is 1. The van der Waals surface area contributed by atoms with E-state index in [2.05, 4.69) is 53.3 Å². The second-order valence-corrected chi connectivity index (χ2v) is 5.01. The van der Waals surface area contributed by atoms with Gasteiger partial charge in [0.25, 0.3) is 0 Å². The molecular formula is C11H18IN3O. The first-order valence-electron chi connectivity index (χ1n) is 5.45. The predicted molar refractivity (Wildman–Crippen MR) is 73.2 cm³/mol. The zero-order valence-electron chi connectivity index (χ0n) is 9.96. The monoisotopic (exact) mass is 335 g/mol. The second kappa shape index (κ2) is 6.34. The van der Waals surface area contributed by atoms with E-state index in [1.54, 1.807) is 0 Å². The van der Waals surface area contributed by atoms with E-state index >= 15 is 0 Å². The van der Waals surface area contributed by atoms with Crippen LogP contribution in [0.4, 0.5) is 5.82 Å². The van der Waals surface area contributed by atoms with E-state index in [1.165, 1.54) is 0 Å². The van der Waals surface area contributed by atoms with Gasteiger partial charge in [-0.25, -0.2) is 9.97 Å². The van der Waals surface area contributed by atoms with E-state index < -0.39 is 0 Å². The molecule has 1 aromatic rings. The summed E-state index contributed by atoms with van der Waals surface area (Å²) in [5.74, 6) is 1.58. The lowest BCUT2D eigenvalue weighted by molar-refractivity contribution is 0.116. The van der Waals surface area contributed by atoms with Gasteiger partial charge in [0.2, 0.25) is 0 Å². The molecule has 16 heavy (non-hydrogen) atoms. The molecule has 0 aromatic carbocycles. The number of hydrogen-bond acceptors (Lipinski definition) is 4. The van der Waals surface area contributed by atoms with Crippen molar-refractivity contribution in [3.8, 4) is 0 Å². The van der Waals surface area contributed by atoms with Crippen LogP contribution in [0.15, 0.2) is 0 Å². The molecule has 0 bridgehead atoms. The number of rotatable bonds is 5. The van der Waals surface area contributed by atoms with Gasteiger partial charge < -0.3 is 10.5 Å². The lowest BCUT2D eigenvalue weighted by Crippen LogP contribution is -2.09. The summed E-state index contributed by atoms with van der Waals surface area (Å²) in [6, 6.07) is 0. The van der Waals surface area contributed by atoms with E-state index in [-0.39, 0.29) is 0 Å². The van der Waals surface area contributed by atoms with E-state index in [0.29, 0.717) is 24.2 Å². The third kappa shape index (κ3) is 3.55. The summed E-state index contributed by atoms with van der Waals surface area (Å²) in [7, 11) is 0. The minimum absolute atomic E-state index is 0.349. The van der Waals surface area contributed by atoms with Crippen LogP contribution in [0.25, 0.3) is 0 Å². The SMILES string of the molecule is CCCOCc1nc(N)c(I)c(C(C)C)n1. The van der Waals surface area contributed by atoms with Crippen LogP contribution >= 0.6 is 22.6 Å². The van der Waals surface area contributed by atoms with Crippen LogP contribution < -0.4 is 5.73 Å². The fourth-order valence-corrected chi connectivity index (χ4v) is 2.15. The van der Waals surface area contributed by atoms with Gasteiger partial charge in [0.1, 0.15) is 12.4 Å². The van der Waals surface area contributed by atoms with Gasteiger partial charge in [-0.2, -0.15) is 0 Å². The van der Waals surface area contributed by atoms with Gasteiger partial charge >= 0.3 is 0 Å². The third-order valence-corrected chi connectivity index (χ3v) is 3.18. The molecule has 90 valence electrons. The number of nitrogens with zero attached hydrogens (tertiary/aromatic N) is 2. The molecule has 0 spiro atoms. The summed E-state index contributed by atoms with van der Waals surface area (Å²) in [5.41, 5.74) is 6.85. The average molecular weight is 335 g/mol. The third-order valence-electron chi connectivity index (χ3n) is 2.08. The minimum Gasteiger partial charge on any atom is -0.383 e. The van der Waals surface area contributed by atoms with Gasteiger partial charge in [-0.3, -0.25) is 0 Å². The van der Waals surface area contributed by atoms with E-state index in [0.717, 1.165) is 22.3 Å². The summed E-state index contributed by atoms with van der Waals surface area (Å²) < 4.78 is 6.37. The maximum absolute atomic E-state index is 5.85. The second-order valence-electron chi connectivity index (χ2n) is 3.93. The van der Waals surface area contributed by atoms with Gasteiger partial charge in [-0.1, -0.05) is 20.8 Å². The maximum Gasteiger partial charge on any atom is 0.156 e. The predicted octanol–water partition coefficient (Wildman–Crippen LogP) is 2.71. The van der Waals surface area contributed by atoms with Crippen LogP contribution in [-0.2, 0) is 11.3 Å². The molecular weight excluding hydrogens is 317 g/mol. The Hall–Kier alpha value is -0.430. The normalized spacial score (nSPS) is 11.1. The van der Waals surface area contributed by atoms with Crippen molar-refractivity contribution in [1.29, 1.82) is 0 Å². The highest BCUT2D eigenvalue weighted by Gasteiger charge is 2.12. The first-order chi connectivity index (χ1) is 7.56. The van der Waals surface area contributed by atoms with Crippen molar-refractivity contribution < 1.29 is 4.74 Å².